The Morgan fingerprint density at radius 2 is 1.86 bits per heavy atom. The number of rotatable bonds is 4. The van der Waals surface area contributed by atoms with Crippen LogP contribution in [-0.4, -0.2) is 29.8 Å². The van der Waals surface area contributed by atoms with E-state index in [4.69, 9.17) is 10.1 Å². The van der Waals surface area contributed by atoms with Gasteiger partial charge in [0.1, 0.15) is 29.3 Å². The maximum absolute atomic E-state index is 14.0. The molecule has 0 unspecified atom stereocenters. The highest BCUT2D eigenvalue weighted by Gasteiger charge is 2.28. The summed E-state index contributed by atoms with van der Waals surface area (Å²) in [4.78, 5) is 22.6. The number of hydrogen-bond acceptors (Lipinski definition) is 7. The average Bonchev–Trinajstić information content (AvgIpc) is 3.50. The van der Waals surface area contributed by atoms with Crippen LogP contribution in [-0.2, 0) is 21.6 Å². The molecule has 35 heavy (non-hydrogen) atoms. The van der Waals surface area contributed by atoms with Crippen molar-refractivity contribution in [3.8, 4) is 6.07 Å². The number of nitrogens with zero attached hydrogens (tertiary/aromatic N) is 2. The summed E-state index contributed by atoms with van der Waals surface area (Å²) in [5, 5.41) is 19.3. The number of carbonyl (C=O) groups is 2. The molecule has 1 saturated carbocycles. The number of halogens is 1. The van der Waals surface area contributed by atoms with Crippen LogP contribution in [0.1, 0.15) is 98.4 Å². The predicted octanol–water partition coefficient (Wildman–Crippen LogP) is 4.82. The molecule has 2 aromatic rings. The molecular formula is C26H41FN4O3S. The van der Waals surface area contributed by atoms with Crippen molar-refractivity contribution < 1.29 is 19.1 Å². The third kappa shape index (κ3) is 12.0. The van der Waals surface area contributed by atoms with Crippen LogP contribution in [0.5, 0.6) is 0 Å². The van der Waals surface area contributed by atoms with Gasteiger partial charge in [-0.25, -0.2) is 9.37 Å². The van der Waals surface area contributed by atoms with Crippen LogP contribution in [0.15, 0.2) is 12.3 Å². The number of primary amides is 1. The van der Waals surface area contributed by atoms with E-state index in [0.717, 1.165) is 22.6 Å². The number of benzene rings is 1. The first-order valence-electron chi connectivity index (χ1n) is 11.4. The molecule has 7 nitrogen and oxygen atoms in total. The molecule has 1 heterocycles. The Morgan fingerprint density at radius 1 is 1.37 bits per heavy atom. The van der Waals surface area contributed by atoms with E-state index in [-0.39, 0.29) is 23.2 Å². The van der Waals surface area contributed by atoms with Crippen molar-refractivity contribution in [3.05, 3.63) is 50.2 Å². The summed E-state index contributed by atoms with van der Waals surface area (Å²) in [6.07, 6.45) is 5.18. The monoisotopic (exact) mass is 508 g/mol. The second-order valence-corrected chi connectivity index (χ2v) is 9.68. The second kappa shape index (κ2) is 16.9. The molecule has 3 rings (SSSR count). The lowest BCUT2D eigenvalue weighted by Crippen LogP contribution is -2.14. The van der Waals surface area contributed by atoms with E-state index >= 15 is 0 Å². The number of hydrogen-bond donors (Lipinski definition) is 3. The Kier molecular flexibility index (Phi) is 16.6. The van der Waals surface area contributed by atoms with E-state index in [1.165, 1.54) is 37.3 Å². The summed E-state index contributed by atoms with van der Waals surface area (Å²) in [6, 6.07) is 3.71. The second-order valence-electron chi connectivity index (χ2n) is 8.56. The molecular weight excluding hydrogens is 467 g/mol. The Morgan fingerprint density at radius 3 is 2.14 bits per heavy atom. The van der Waals surface area contributed by atoms with Gasteiger partial charge in [-0.2, -0.15) is 5.26 Å². The molecule has 0 saturated heterocycles. The number of nitriles is 1. The third-order valence-electron chi connectivity index (χ3n) is 4.75. The van der Waals surface area contributed by atoms with Crippen molar-refractivity contribution in [1.29, 1.82) is 5.26 Å². The van der Waals surface area contributed by atoms with Crippen molar-refractivity contribution in [1.82, 2.24) is 4.98 Å². The zero-order valence-corrected chi connectivity index (χ0v) is 23.1. The molecule has 1 aliphatic carbocycles. The summed E-state index contributed by atoms with van der Waals surface area (Å²) in [6.45, 7) is 14.8. The number of aliphatic hydroxyl groups is 1. The highest BCUT2D eigenvalue weighted by Crippen LogP contribution is 2.44. The number of thiazole rings is 1. The molecule has 0 bridgehead atoms. The Labute approximate surface area is 213 Å². The minimum Gasteiger partial charge on any atom is -0.383 e. The molecule has 0 atom stereocenters. The van der Waals surface area contributed by atoms with Crippen LogP contribution in [0, 0.1) is 24.1 Å². The van der Waals surface area contributed by atoms with Crippen molar-refractivity contribution >= 4 is 24.0 Å². The van der Waals surface area contributed by atoms with E-state index in [9.17, 15) is 14.3 Å². The standard InChI is InChI=1S/C14H16FN.C8H13NOS.C2H5NO.CH5N.CH2O/c1-8(2)13-9(3)12(10-4-5-10)6-11(7-16)14(13)15;1-4-6-5-9-7(11-6)8(2,3)10;1-2(3)4;2*1-2/h6,8,10H,4-5H2,1-3H3;5,10H,4H2,1-3H3;1H3,(H2,3,4);2H2,1H3;1H2. The normalized spacial score (nSPS) is 11.7. The molecule has 0 spiro atoms. The molecule has 0 aliphatic heterocycles. The average molecular weight is 509 g/mol. The van der Waals surface area contributed by atoms with Gasteiger partial charge in [-0.1, -0.05) is 20.8 Å². The lowest BCUT2D eigenvalue weighted by molar-refractivity contribution is -0.116. The Hall–Kier alpha value is -2.67. The van der Waals surface area contributed by atoms with E-state index in [1.807, 2.05) is 39.8 Å². The molecule has 0 radical (unpaired) electrons. The third-order valence-corrected chi connectivity index (χ3v) is 6.20. The van der Waals surface area contributed by atoms with Crippen LogP contribution < -0.4 is 11.5 Å². The van der Waals surface area contributed by atoms with Crippen molar-refractivity contribution in [2.75, 3.05) is 7.05 Å². The zero-order valence-electron chi connectivity index (χ0n) is 22.2. The van der Waals surface area contributed by atoms with Crippen LogP contribution in [0.3, 0.4) is 0 Å². The van der Waals surface area contributed by atoms with Crippen molar-refractivity contribution in [3.63, 3.8) is 0 Å². The first-order valence-corrected chi connectivity index (χ1v) is 12.2. The van der Waals surface area contributed by atoms with E-state index in [0.29, 0.717) is 5.92 Å². The largest absolute Gasteiger partial charge is 0.383 e. The lowest BCUT2D eigenvalue weighted by atomic mass is 9.89. The fourth-order valence-electron chi connectivity index (χ4n) is 3.13. The summed E-state index contributed by atoms with van der Waals surface area (Å²) >= 11 is 1.58. The molecule has 1 aliphatic rings. The van der Waals surface area contributed by atoms with Gasteiger partial charge in [-0.05, 0) is 81.7 Å². The van der Waals surface area contributed by atoms with Gasteiger partial charge >= 0.3 is 0 Å². The molecule has 1 aromatic carbocycles. The van der Waals surface area contributed by atoms with Crippen LogP contribution in [0.4, 0.5) is 4.39 Å². The number of aromatic nitrogens is 1. The molecule has 1 fully saturated rings. The maximum Gasteiger partial charge on any atom is 0.214 e. The van der Waals surface area contributed by atoms with Gasteiger partial charge in [0.25, 0.3) is 0 Å². The topological polar surface area (TPSA) is 143 Å². The van der Waals surface area contributed by atoms with E-state index in [1.54, 1.807) is 31.3 Å². The summed E-state index contributed by atoms with van der Waals surface area (Å²) in [5.74, 6) is 0.0374. The minimum atomic E-state index is -0.780. The number of nitrogens with two attached hydrogens (primary N) is 2. The number of aryl methyl sites for hydroxylation is 1. The zero-order chi connectivity index (χ0) is 27.9. The quantitative estimate of drug-likeness (QED) is 0.540. The highest BCUT2D eigenvalue weighted by atomic mass is 32.1. The van der Waals surface area contributed by atoms with Gasteiger partial charge in [-0.3, -0.25) is 4.79 Å². The van der Waals surface area contributed by atoms with Gasteiger partial charge in [0.05, 0.1) is 5.56 Å². The van der Waals surface area contributed by atoms with Crippen LogP contribution in [0.2, 0.25) is 0 Å². The van der Waals surface area contributed by atoms with Crippen LogP contribution >= 0.6 is 11.3 Å². The number of carbonyl (C=O) groups excluding carboxylic acids is 2. The fourth-order valence-corrected chi connectivity index (χ4v) is 3.99. The van der Waals surface area contributed by atoms with Gasteiger partial charge in [0, 0.05) is 18.0 Å². The number of amides is 1. The molecule has 9 heteroatoms. The summed E-state index contributed by atoms with van der Waals surface area (Å²) in [7, 11) is 1.50. The summed E-state index contributed by atoms with van der Waals surface area (Å²) < 4.78 is 14.0. The van der Waals surface area contributed by atoms with Crippen molar-refractivity contribution in [2.24, 2.45) is 11.5 Å². The Bertz CT molecular complexity index is 955. The molecule has 5 N–H and O–H groups in total. The first kappa shape index (κ1) is 34.5. The SMILES string of the molecule is C=O.CC(N)=O.CCc1cnc(C(C)(C)O)s1.CN.Cc1c(C2CC2)cc(C#N)c(F)c1C(C)C. The minimum absolute atomic E-state index is 0.130. The maximum atomic E-state index is 14.0. The summed E-state index contributed by atoms with van der Waals surface area (Å²) in [5.41, 5.74) is 11.4. The molecule has 196 valence electrons. The van der Waals surface area contributed by atoms with E-state index < -0.39 is 5.60 Å². The van der Waals surface area contributed by atoms with Crippen molar-refractivity contribution in [2.45, 2.75) is 85.2 Å². The lowest BCUT2D eigenvalue weighted by Gasteiger charge is -2.16. The van der Waals surface area contributed by atoms with Gasteiger partial charge in [0.2, 0.25) is 5.91 Å². The Balaban J connectivity index is 0. The fraction of sp³-hybridized carbons (Fsp3) is 0.538. The smallest absolute Gasteiger partial charge is 0.214 e. The van der Waals surface area contributed by atoms with Crippen LogP contribution in [0.25, 0.3) is 0 Å². The van der Waals surface area contributed by atoms with Gasteiger partial charge in [0.15, 0.2) is 0 Å². The van der Waals surface area contributed by atoms with Gasteiger partial charge < -0.3 is 21.4 Å². The highest BCUT2D eigenvalue weighted by molar-refractivity contribution is 7.11. The molecule has 1 aromatic heterocycles. The van der Waals surface area contributed by atoms with Gasteiger partial charge in [-0.15, -0.1) is 11.3 Å². The van der Waals surface area contributed by atoms with E-state index in [2.05, 4.69) is 23.4 Å². The molecule has 1 amide bonds. The first-order chi connectivity index (χ1) is 16.3. The predicted molar refractivity (Wildman–Crippen MR) is 141 cm³/mol.